The molecule has 0 heterocycles. The van der Waals surface area contributed by atoms with E-state index in [-0.39, 0.29) is 29.7 Å². The summed E-state index contributed by atoms with van der Waals surface area (Å²) in [5.74, 6) is -0.710. The molecule has 0 bridgehead atoms. The second kappa shape index (κ2) is 15.8. The Morgan fingerprint density at radius 1 is 0.787 bits per heavy atom. The van der Waals surface area contributed by atoms with E-state index in [0.717, 1.165) is 21.0 Å². The molecule has 10 heteroatoms. The van der Waals surface area contributed by atoms with E-state index < -0.39 is 28.5 Å². The average molecular weight is 695 g/mol. The van der Waals surface area contributed by atoms with Crippen LogP contribution in [0, 0.1) is 26.7 Å². The molecule has 0 saturated carbocycles. The SMILES string of the molecule is Cc1ccc(S(=O)(=O)N(CC(=O)N(Cc2ccc(Cl)c(Cl)c2)[C@H](Cc2ccccc2)C(=O)NCC(C)C)c2ccc(C)cc2C)cc1. The number of nitrogens with zero attached hydrogens (tertiary/aromatic N) is 2. The van der Waals surface area contributed by atoms with Crippen molar-refractivity contribution >= 4 is 50.7 Å². The minimum absolute atomic E-state index is 0.00633. The molecule has 7 nitrogen and oxygen atoms in total. The lowest BCUT2D eigenvalue weighted by Gasteiger charge is -2.34. The monoisotopic (exact) mass is 693 g/mol. The van der Waals surface area contributed by atoms with Crippen molar-refractivity contribution in [2.75, 3.05) is 17.4 Å². The zero-order valence-electron chi connectivity index (χ0n) is 27.3. The summed E-state index contributed by atoms with van der Waals surface area (Å²) < 4.78 is 29.7. The second-order valence-electron chi connectivity index (χ2n) is 12.2. The number of hydrogen-bond donors (Lipinski definition) is 1. The number of halogens is 2. The van der Waals surface area contributed by atoms with Crippen LogP contribution in [0.2, 0.25) is 10.0 Å². The van der Waals surface area contributed by atoms with E-state index in [2.05, 4.69) is 5.32 Å². The molecule has 0 aliphatic rings. The molecule has 0 saturated heterocycles. The van der Waals surface area contributed by atoms with Crippen molar-refractivity contribution in [1.29, 1.82) is 0 Å². The Bertz CT molecular complexity index is 1810. The van der Waals surface area contributed by atoms with Crippen LogP contribution < -0.4 is 9.62 Å². The van der Waals surface area contributed by atoms with Gasteiger partial charge in [-0.25, -0.2) is 8.42 Å². The molecule has 1 atom stereocenters. The van der Waals surface area contributed by atoms with Gasteiger partial charge in [-0.1, -0.05) is 109 Å². The molecule has 0 radical (unpaired) electrons. The van der Waals surface area contributed by atoms with Crippen molar-refractivity contribution in [3.8, 4) is 0 Å². The summed E-state index contributed by atoms with van der Waals surface area (Å²) in [5.41, 5.74) is 4.42. The Kier molecular flexibility index (Phi) is 12.1. The van der Waals surface area contributed by atoms with Crippen LogP contribution in [0.4, 0.5) is 5.69 Å². The first-order valence-electron chi connectivity index (χ1n) is 15.5. The number of amides is 2. The van der Waals surface area contributed by atoms with Gasteiger partial charge in [0.05, 0.1) is 20.6 Å². The molecule has 4 aromatic carbocycles. The number of carbonyl (C=O) groups excluding carboxylic acids is 2. The van der Waals surface area contributed by atoms with Gasteiger partial charge in [0.25, 0.3) is 10.0 Å². The highest BCUT2D eigenvalue weighted by Crippen LogP contribution is 2.29. The first-order valence-corrected chi connectivity index (χ1v) is 17.7. The van der Waals surface area contributed by atoms with Crippen molar-refractivity contribution in [3.63, 3.8) is 0 Å². The Morgan fingerprint density at radius 3 is 2.06 bits per heavy atom. The molecule has 2 amide bonds. The van der Waals surface area contributed by atoms with Crippen molar-refractivity contribution in [1.82, 2.24) is 10.2 Å². The molecule has 0 unspecified atom stereocenters. The number of rotatable bonds is 13. The van der Waals surface area contributed by atoms with Gasteiger partial charge < -0.3 is 10.2 Å². The average Bonchev–Trinajstić information content (AvgIpc) is 3.03. The molecule has 0 fully saturated rings. The van der Waals surface area contributed by atoms with Crippen molar-refractivity contribution in [2.45, 2.75) is 58.5 Å². The standard InChI is InChI=1S/C37H41Cl2N3O4S/c1-25(2)22-40-37(44)35(21-29-9-7-6-8-10-29)41(23-30-14-17-32(38)33(39)20-30)36(43)24-42(34-18-13-27(4)19-28(34)5)47(45,46)31-15-11-26(3)12-16-31/h6-20,25,35H,21-24H2,1-5H3,(H,40,44)/t35-/m1/s1. The van der Waals surface area contributed by atoms with Gasteiger partial charge in [0.1, 0.15) is 12.6 Å². The molecule has 248 valence electrons. The predicted octanol–water partition coefficient (Wildman–Crippen LogP) is 7.53. The van der Waals surface area contributed by atoms with Crippen LogP contribution in [-0.2, 0) is 32.6 Å². The summed E-state index contributed by atoms with van der Waals surface area (Å²) in [7, 11) is -4.20. The van der Waals surface area contributed by atoms with Crippen LogP contribution in [0.3, 0.4) is 0 Å². The highest BCUT2D eigenvalue weighted by atomic mass is 35.5. The van der Waals surface area contributed by atoms with E-state index >= 15 is 0 Å². The number of sulfonamides is 1. The molecular formula is C37H41Cl2N3O4S. The number of hydrogen-bond acceptors (Lipinski definition) is 4. The molecule has 0 aliphatic heterocycles. The minimum Gasteiger partial charge on any atom is -0.354 e. The third-order valence-corrected chi connectivity index (χ3v) is 10.3. The Labute approximate surface area is 288 Å². The lowest BCUT2D eigenvalue weighted by Crippen LogP contribution is -2.53. The summed E-state index contributed by atoms with van der Waals surface area (Å²) >= 11 is 12.6. The number of nitrogens with one attached hydrogen (secondary N) is 1. The minimum atomic E-state index is -4.20. The summed E-state index contributed by atoms with van der Waals surface area (Å²) in [5, 5.41) is 3.65. The van der Waals surface area contributed by atoms with E-state index in [1.165, 1.54) is 17.0 Å². The smallest absolute Gasteiger partial charge is 0.264 e. The largest absolute Gasteiger partial charge is 0.354 e. The topological polar surface area (TPSA) is 86.8 Å². The molecule has 1 N–H and O–H groups in total. The zero-order chi connectivity index (χ0) is 34.3. The maximum absolute atomic E-state index is 14.6. The van der Waals surface area contributed by atoms with Gasteiger partial charge in [0.2, 0.25) is 11.8 Å². The van der Waals surface area contributed by atoms with Crippen LogP contribution in [-0.4, -0.2) is 44.3 Å². The number of aryl methyl sites for hydroxylation is 3. The van der Waals surface area contributed by atoms with Gasteiger partial charge in [0, 0.05) is 19.5 Å². The fourth-order valence-corrected chi connectivity index (χ4v) is 7.05. The predicted molar refractivity (Wildman–Crippen MR) is 190 cm³/mol. The zero-order valence-corrected chi connectivity index (χ0v) is 29.7. The van der Waals surface area contributed by atoms with Crippen molar-refractivity contribution in [2.24, 2.45) is 5.92 Å². The van der Waals surface area contributed by atoms with Gasteiger partial charge in [-0.05, 0) is 73.7 Å². The summed E-state index contributed by atoms with van der Waals surface area (Å²) in [6, 6.07) is 25.4. The fourth-order valence-electron chi connectivity index (χ4n) is 5.25. The summed E-state index contributed by atoms with van der Waals surface area (Å²) in [4.78, 5) is 30.1. The molecule has 0 aromatic heterocycles. The maximum atomic E-state index is 14.6. The third kappa shape index (κ3) is 9.37. The normalized spacial score (nSPS) is 12.1. The molecule has 4 rings (SSSR count). The van der Waals surface area contributed by atoms with Gasteiger partial charge in [-0.15, -0.1) is 0 Å². The van der Waals surface area contributed by atoms with E-state index in [1.807, 2.05) is 77.1 Å². The van der Waals surface area contributed by atoms with Crippen LogP contribution in [0.15, 0.2) is 95.9 Å². The van der Waals surface area contributed by atoms with Gasteiger partial charge in [0.15, 0.2) is 0 Å². The highest BCUT2D eigenvalue weighted by molar-refractivity contribution is 7.92. The molecule has 47 heavy (non-hydrogen) atoms. The van der Waals surface area contributed by atoms with Crippen molar-refractivity contribution < 1.29 is 18.0 Å². The first-order chi connectivity index (χ1) is 22.3. The highest BCUT2D eigenvalue weighted by Gasteiger charge is 2.35. The number of anilines is 1. The Balaban J connectivity index is 1.84. The van der Waals surface area contributed by atoms with Gasteiger partial charge in [-0.3, -0.25) is 13.9 Å². The van der Waals surface area contributed by atoms with Gasteiger partial charge >= 0.3 is 0 Å². The van der Waals surface area contributed by atoms with Crippen LogP contribution in [0.5, 0.6) is 0 Å². The molecule has 4 aromatic rings. The molecule has 0 aliphatic carbocycles. The van der Waals surface area contributed by atoms with E-state index in [1.54, 1.807) is 36.4 Å². The number of benzene rings is 4. The van der Waals surface area contributed by atoms with E-state index in [0.29, 0.717) is 33.4 Å². The quantitative estimate of drug-likeness (QED) is 0.157. The van der Waals surface area contributed by atoms with Gasteiger partial charge in [-0.2, -0.15) is 0 Å². The van der Waals surface area contributed by atoms with E-state index in [4.69, 9.17) is 23.2 Å². The Morgan fingerprint density at radius 2 is 1.45 bits per heavy atom. The summed E-state index contributed by atoms with van der Waals surface area (Å²) in [6.45, 7) is 9.46. The second-order valence-corrected chi connectivity index (χ2v) is 14.9. The number of carbonyl (C=O) groups is 2. The summed E-state index contributed by atoms with van der Waals surface area (Å²) in [6.07, 6.45) is 0.214. The lowest BCUT2D eigenvalue weighted by molar-refractivity contribution is -0.140. The van der Waals surface area contributed by atoms with Crippen LogP contribution in [0.1, 0.15) is 41.7 Å². The van der Waals surface area contributed by atoms with Crippen LogP contribution in [0.25, 0.3) is 0 Å². The maximum Gasteiger partial charge on any atom is 0.264 e. The van der Waals surface area contributed by atoms with E-state index in [9.17, 15) is 18.0 Å². The van der Waals surface area contributed by atoms with Crippen molar-refractivity contribution in [3.05, 3.63) is 129 Å². The lowest BCUT2D eigenvalue weighted by atomic mass is 10.0. The first kappa shape index (κ1) is 36.0. The molecule has 0 spiro atoms. The molecular weight excluding hydrogens is 653 g/mol. The Hall–Kier alpha value is -3.85. The third-order valence-electron chi connectivity index (χ3n) is 7.80. The fraction of sp³-hybridized carbons (Fsp3) is 0.297. The van der Waals surface area contributed by atoms with Crippen LogP contribution >= 0.6 is 23.2 Å².